The number of fused-ring (bicyclic) bond motifs is 3. The van der Waals surface area contributed by atoms with E-state index in [1.165, 1.54) is 19.3 Å². The molecule has 1 unspecified atom stereocenters. The van der Waals surface area contributed by atoms with Gasteiger partial charge in [0, 0.05) is 38.7 Å². The highest BCUT2D eigenvalue weighted by molar-refractivity contribution is 7.14. The number of hydrogen-bond donors (Lipinski definition) is 2. The molecule has 2 N–H and O–H groups in total. The van der Waals surface area contributed by atoms with Crippen LogP contribution >= 0.6 is 11.3 Å². The summed E-state index contributed by atoms with van der Waals surface area (Å²) in [6, 6.07) is 4.03. The van der Waals surface area contributed by atoms with Crippen molar-refractivity contribution in [3.63, 3.8) is 0 Å². The first kappa shape index (κ1) is 37.7. The molecule has 7 nitrogen and oxygen atoms in total. The first-order valence-electron chi connectivity index (χ1n) is 22.8. The Morgan fingerprint density at radius 3 is 2.09 bits per heavy atom. The normalized spacial score (nSPS) is 51.6. The van der Waals surface area contributed by atoms with Crippen LogP contribution in [0.5, 0.6) is 0 Å². The molecule has 12 aliphatic rings. The molecule has 0 aromatic carbocycles. The van der Waals surface area contributed by atoms with E-state index in [9.17, 15) is 15.0 Å². The van der Waals surface area contributed by atoms with Crippen LogP contribution in [0.15, 0.2) is 35.9 Å². The van der Waals surface area contributed by atoms with Crippen LogP contribution in [0.2, 0.25) is 0 Å². The molecule has 10 atom stereocenters. The second-order valence-electron chi connectivity index (χ2n) is 23.3. The van der Waals surface area contributed by atoms with E-state index in [4.69, 9.17) is 4.74 Å². The van der Waals surface area contributed by atoms with Crippen molar-refractivity contribution in [2.75, 3.05) is 13.1 Å². The third kappa shape index (κ3) is 4.40. The van der Waals surface area contributed by atoms with Gasteiger partial charge < -0.3 is 19.8 Å². The van der Waals surface area contributed by atoms with Gasteiger partial charge in [0.25, 0.3) is 5.91 Å². The van der Waals surface area contributed by atoms with Gasteiger partial charge in [-0.2, -0.15) is 0 Å². The molecule has 8 saturated carbocycles. The minimum Gasteiger partial charge on any atom is -0.448 e. The molecule has 1 aliphatic heterocycles. The van der Waals surface area contributed by atoms with Crippen LogP contribution in [-0.4, -0.2) is 63.2 Å². The summed E-state index contributed by atoms with van der Waals surface area (Å²) < 4.78 is 6.34. The number of carbonyl (C=O) groups excluding carboxylic acids is 3. The van der Waals surface area contributed by atoms with Crippen molar-refractivity contribution in [1.82, 2.24) is 4.90 Å². The predicted octanol–water partition coefficient (Wildman–Crippen LogP) is 9.00. The number of esters is 1. The van der Waals surface area contributed by atoms with Crippen LogP contribution in [0, 0.1) is 74.4 Å². The SMILES string of the molecule is Cc1ccc(C(=O)C2=C[C@@]34C=C[C@@]25[C@@H]2CC[C@@](O)(CN(CC67CC8CC(CC(C8)C6)C7)C(=O)[C@@]67CC[C@@](C)(C(=O)O6)C7(C)C)[C@@]2(C)CC[C@@H]5[C@@]3(C)CCC(O)C4)s1. The van der Waals surface area contributed by atoms with Crippen molar-refractivity contribution in [1.29, 1.82) is 0 Å². The van der Waals surface area contributed by atoms with E-state index in [0.29, 0.717) is 32.2 Å². The van der Waals surface area contributed by atoms with Crippen LogP contribution in [0.1, 0.15) is 145 Å². The Labute approximate surface area is 343 Å². The van der Waals surface area contributed by atoms with E-state index in [-0.39, 0.29) is 52.3 Å². The van der Waals surface area contributed by atoms with Gasteiger partial charge in [0.15, 0.2) is 11.4 Å². The lowest BCUT2D eigenvalue weighted by molar-refractivity contribution is -0.191. The lowest BCUT2D eigenvalue weighted by Crippen LogP contribution is -2.68. The van der Waals surface area contributed by atoms with Crippen LogP contribution in [0.25, 0.3) is 0 Å². The number of aliphatic hydroxyl groups excluding tert-OH is 1. The number of allylic oxidation sites excluding steroid dienone is 4. The quantitative estimate of drug-likeness (QED) is 0.162. The van der Waals surface area contributed by atoms with Gasteiger partial charge in [0.1, 0.15) is 0 Å². The average molecular weight is 796 g/mol. The van der Waals surface area contributed by atoms with Crippen LogP contribution in [0.4, 0.5) is 0 Å². The molecule has 13 rings (SSSR count). The number of aryl methyl sites for hydroxylation is 1. The first-order chi connectivity index (χ1) is 26.8. The maximum Gasteiger partial charge on any atom is 0.313 e. The maximum absolute atomic E-state index is 15.7. The third-order valence-corrected chi connectivity index (χ3v) is 21.8. The number of ether oxygens (including phenoxy) is 1. The Morgan fingerprint density at radius 1 is 0.825 bits per heavy atom. The summed E-state index contributed by atoms with van der Waals surface area (Å²) in [6.07, 6.45) is 20.6. The van der Waals surface area contributed by atoms with Crippen molar-refractivity contribution < 1.29 is 29.3 Å². The fraction of sp³-hybridized carbons (Fsp3) is 0.776. The van der Waals surface area contributed by atoms with E-state index in [0.717, 1.165) is 84.4 Å². The van der Waals surface area contributed by atoms with Crippen LogP contribution in [0.3, 0.4) is 0 Å². The van der Waals surface area contributed by atoms with E-state index in [2.05, 4.69) is 57.7 Å². The third-order valence-electron chi connectivity index (χ3n) is 20.8. The molecule has 1 amide bonds. The molecule has 2 heterocycles. The number of carbonyl (C=O) groups is 3. The van der Waals surface area contributed by atoms with Gasteiger partial charge in [-0.1, -0.05) is 45.9 Å². The van der Waals surface area contributed by atoms with Gasteiger partial charge in [0.05, 0.1) is 28.5 Å². The Morgan fingerprint density at radius 2 is 1.47 bits per heavy atom. The first-order valence-corrected chi connectivity index (χ1v) is 23.6. The molecule has 0 radical (unpaired) electrons. The fourth-order valence-corrected chi connectivity index (χ4v) is 18.5. The standard InChI is InChI=1S/C49H65NO6S/c1-29-7-8-35(57-29)38(52)34-26-46-16-17-48(34)36(42(46,4)12-9-33(51)25-46)10-13-43(5)37(48)11-14-47(43,55)28-50(27-45-22-30-19-31(23-45)21-32(20-30)24-45)39(53)49-18-15-44(6,40(54)56-49)41(49,2)3/h7-8,16-17,26,30-33,36-37,51,55H,9-15,18-25,27-28H2,1-6H3/t30?,31?,32?,33?,36-,37-,42-,43+,44+,45?,46+,47-,48-,49-/m1/s1. The topological polar surface area (TPSA) is 104 Å². The van der Waals surface area contributed by atoms with Gasteiger partial charge in [-0.05, 0) is 163 Å². The molecule has 1 saturated heterocycles. The van der Waals surface area contributed by atoms with Gasteiger partial charge >= 0.3 is 5.97 Å². The Bertz CT molecular complexity index is 2010. The van der Waals surface area contributed by atoms with E-state index in [1.807, 2.05) is 19.1 Å². The summed E-state index contributed by atoms with van der Waals surface area (Å²) in [7, 11) is 0. The molecule has 8 heteroatoms. The second-order valence-corrected chi connectivity index (χ2v) is 24.6. The number of ketones is 1. The highest BCUT2D eigenvalue weighted by Gasteiger charge is 2.78. The zero-order valence-electron chi connectivity index (χ0n) is 35.3. The van der Waals surface area contributed by atoms with E-state index >= 15 is 9.59 Å². The maximum atomic E-state index is 15.7. The molecule has 1 aromatic rings. The van der Waals surface area contributed by atoms with Crippen LogP contribution < -0.4 is 0 Å². The largest absolute Gasteiger partial charge is 0.448 e. The number of rotatable bonds is 7. The number of Topliss-reactive ketones (excluding diaryl/α,β-unsaturated/α-hetero) is 1. The van der Waals surface area contributed by atoms with E-state index in [1.54, 1.807) is 11.3 Å². The number of aliphatic hydroxyl groups is 2. The highest BCUT2D eigenvalue weighted by Crippen LogP contribution is 2.79. The lowest BCUT2D eigenvalue weighted by Gasteiger charge is -2.71. The zero-order chi connectivity index (χ0) is 40.0. The highest BCUT2D eigenvalue weighted by atomic mass is 32.1. The van der Waals surface area contributed by atoms with Crippen molar-refractivity contribution in [3.05, 3.63) is 45.7 Å². The zero-order valence-corrected chi connectivity index (χ0v) is 36.1. The molecule has 308 valence electrons. The van der Waals surface area contributed by atoms with Crippen molar-refractivity contribution >= 4 is 29.0 Å². The van der Waals surface area contributed by atoms with Crippen molar-refractivity contribution in [2.24, 2.45) is 67.5 Å². The molecule has 57 heavy (non-hydrogen) atoms. The molecule has 1 aromatic heterocycles. The second kappa shape index (κ2) is 11.3. The van der Waals surface area contributed by atoms with Gasteiger partial charge in [-0.3, -0.25) is 14.4 Å². The van der Waals surface area contributed by atoms with Gasteiger partial charge in [0.2, 0.25) is 0 Å². The number of amides is 1. The Kier molecular flexibility index (Phi) is 7.50. The summed E-state index contributed by atoms with van der Waals surface area (Å²) in [5.74, 6) is 2.17. The predicted molar refractivity (Wildman–Crippen MR) is 219 cm³/mol. The fourth-order valence-electron chi connectivity index (χ4n) is 17.7. The van der Waals surface area contributed by atoms with Crippen molar-refractivity contribution in [2.45, 2.75) is 155 Å². The molecule has 2 spiro atoms. The lowest BCUT2D eigenvalue weighted by atomic mass is 9.32. The Balaban J connectivity index is 1.00. The van der Waals surface area contributed by atoms with Gasteiger partial charge in [-0.15, -0.1) is 11.3 Å². The molecular weight excluding hydrogens is 731 g/mol. The summed E-state index contributed by atoms with van der Waals surface area (Å²) >= 11 is 1.57. The molecule has 11 aliphatic carbocycles. The summed E-state index contributed by atoms with van der Waals surface area (Å²) in [4.78, 5) is 48.2. The molecular formula is C49H65NO6S. The monoisotopic (exact) mass is 795 g/mol. The van der Waals surface area contributed by atoms with E-state index < -0.39 is 39.0 Å². The molecule has 9 fully saturated rings. The van der Waals surface area contributed by atoms with Gasteiger partial charge in [-0.25, -0.2) is 0 Å². The summed E-state index contributed by atoms with van der Waals surface area (Å²) in [5, 5.41) is 24.8. The minimum atomic E-state index is -1.23. The number of hydrogen-bond acceptors (Lipinski definition) is 7. The summed E-state index contributed by atoms with van der Waals surface area (Å²) in [5.41, 5.74) is -4.46. The summed E-state index contributed by atoms with van der Waals surface area (Å²) in [6.45, 7) is 13.8. The van der Waals surface area contributed by atoms with Crippen LogP contribution in [-0.2, 0) is 14.3 Å². The molecule has 8 bridgehead atoms. The smallest absolute Gasteiger partial charge is 0.313 e. The number of thiophene rings is 1. The number of nitrogens with zero attached hydrogens (tertiary/aromatic N) is 1. The van der Waals surface area contributed by atoms with Crippen molar-refractivity contribution in [3.8, 4) is 0 Å². The Hall–Kier alpha value is -2.29. The average Bonchev–Trinajstić information content (AvgIpc) is 3.80. The minimum absolute atomic E-state index is 0.00780.